The zero-order chi connectivity index (χ0) is 20.5. The number of nitrogens with zero attached hydrogens (tertiary/aromatic N) is 2. The van der Waals surface area contributed by atoms with Crippen LogP contribution in [0.1, 0.15) is 12.5 Å². The highest BCUT2D eigenvalue weighted by molar-refractivity contribution is 8.00. The Morgan fingerprint density at radius 2 is 1.86 bits per heavy atom. The van der Waals surface area contributed by atoms with Crippen LogP contribution >= 0.6 is 11.8 Å². The molecule has 0 saturated heterocycles. The minimum atomic E-state index is -3.48. The first-order chi connectivity index (χ1) is 13.2. The van der Waals surface area contributed by atoms with Crippen LogP contribution in [-0.2, 0) is 21.2 Å². The van der Waals surface area contributed by atoms with Crippen LogP contribution in [0, 0.1) is 0 Å². The quantitative estimate of drug-likeness (QED) is 0.672. The van der Waals surface area contributed by atoms with Crippen LogP contribution in [0.4, 0.5) is 5.69 Å². The molecule has 0 spiro atoms. The average Bonchev–Trinajstić information content (AvgIpc) is 3.11. The van der Waals surface area contributed by atoms with E-state index in [0.29, 0.717) is 13.0 Å². The van der Waals surface area contributed by atoms with Gasteiger partial charge >= 0.3 is 0 Å². The van der Waals surface area contributed by atoms with E-state index in [1.54, 1.807) is 30.2 Å². The summed E-state index contributed by atoms with van der Waals surface area (Å²) in [5.41, 5.74) is 1.68. The van der Waals surface area contributed by atoms with E-state index in [0.717, 1.165) is 21.9 Å². The van der Waals surface area contributed by atoms with Crippen LogP contribution in [0.5, 0.6) is 5.75 Å². The van der Waals surface area contributed by atoms with Gasteiger partial charge in [0.05, 0.1) is 17.3 Å². The second-order valence-corrected chi connectivity index (χ2v) is 10.3. The molecule has 6 nitrogen and oxygen atoms in total. The number of amides is 1. The molecule has 1 aliphatic rings. The lowest BCUT2D eigenvalue weighted by Crippen LogP contribution is -2.35. The topological polar surface area (TPSA) is 66.9 Å². The lowest BCUT2D eigenvalue weighted by Gasteiger charge is -2.22. The molecule has 3 rings (SSSR count). The number of benzene rings is 2. The highest BCUT2D eigenvalue weighted by atomic mass is 32.2. The molecular weight excluding hydrogens is 396 g/mol. The van der Waals surface area contributed by atoms with Gasteiger partial charge in [-0.25, -0.2) is 12.7 Å². The Bertz CT molecular complexity index is 972. The van der Waals surface area contributed by atoms with Crippen molar-refractivity contribution in [3.8, 4) is 5.75 Å². The Hall–Kier alpha value is -2.03. The monoisotopic (exact) mass is 420 g/mol. The van der Waals surface area contributed by atoms with Crippen molar-refractivity contribution in [2.75, 3.05) is 32.6 Å². The minimum Gasteiger partial charge on any atom is -0.497 e. The molecule has 0 bridgehead atoms. The van der Waals surface area contributed by atoms with E-state index in [2.05, 4.69) is 0 Å². The smallest absolute Gasteiger partial charge is 0.242 e. The summed E-state index contributed by atoms with van der Waals surface area (Å²) in [5.74, 6) is 0.795. The average molecular weight is 421 g/mol. The van der Waals surface area contributed by atoms with Crippen molar-refractivity contribution in [1.29, 1.82) is 0 Å². The number of sulfonamides is 1. The fourth-order valence-electron chi connectivity index (χ4n) is 3.11. The van der Waals surface area contributed by atoms with E-state index in [-0.39, 0.29) is 16.1 Å². The van der Waals surface area contributed by atoms with Crippen molar-refractivity contribution < 1.29 is 17.9 Å². The summed E-state index contributed by atoms with van der Waals surface area (Å²) >= 11 is 1.49. The van der Waals surface area contributed by atoms with Gasteiger partial charge in [-0.05, 0) is 61.4 Å². The van der Waals surface area contributed by atoms with E-state index in [4.69, 9.17) is 4.74 Å². The highest BCUT2D eigenvalue weighted by Gasteiger charge is 2.30. The molecule has 0 radical (unpaired) electrons. The predicted molar refractivity (Wildman–Crippen MR) is 112 cm³/mol. The molecular formula is C20H24N2O4S2. The summed E-state index contributed by atoms with van der Waals surface area (Å²) in [6.45, 7) is 2.45. The second kappa shape index (κ2) is 8.14. The van der Waals surface area contributed by atoms with Gasteiger partial charge in [0.25, 0.3) is 0 Å². The Morgan fingerprint density at radius 3 is 2.46 bits per heavy atom. The van der Waals surface area contributed by atoms with Crippen LogP contribution in [-0.4, -0.2) is 51.6 Å². The molecule has 1 amide bonds. The second-order valence-electron chi connectivity index (χ2n) is 6.75. The maximum atomic E-state index is 13.0. The Kier molecular flexibility index (Phi) is 6.02. The number of anilines is 1. The van der Waals surface area contributed by atoms with Crippen molar-refractivity contribution >= 4 is 33.4 Å². The highest BCUT2D eigenvalue weighted by Crippen LogP contribution is 2.34. The molecule has 2 aromatic rings. The first-order valence-corrected chi connectivity index (χ1v) is 11.2. The molecule has 0 saturated carbocycles. The third-order valence-corrected chi connectivity index (χ3v) is 7.62. The minimum absolute atomic E-state index is 0.0165. The van der Waals surface area contributed by atoms with E-state index in [1.807, 2.05) is 31.2 Å². The molecule has 28 heavy (non-hydrogen) atoms. The molecule has 0 aliphatic carbocycles. The van der Waals surface area contributed by atoms with E-state index < -0.39 is 10.0 Å². The van der Waals surface area contributed by atoms with E-state index >= 15 is 0 Å². The van der Waals surface area contributed by atoms with Gasteiger partial charge in [-0.2, -0.15) is 0 Å². The summed E-state index contributed by atoms with van der Waals surface area (Å²) in [4.78, 5) is 16.0. The van der Waals surface area contributed by atoms with Crippen molar-refractivity contribution in [2.45, 2.75) is 28.4 Å². The zero-order valence-electron chi connectivity index (χ0n) is 16.4. The maximum absolute atomic E-state index is 13.0. The first-order valence-electron chi connectivity index (χ1n) is 8.91. The standard InChI is InChI=1S/C20H24N2O4S2/c1-14(27-17-7-5-16(26-4)6-8-17)20(23)22-12-11-15-13-18(9-10-19(15)22)28(24,25)21(2)3/h5-10,13-14H,11-12H2,1-4H3/t14-/m0/s1. The molecule has 2 aromatic carbocycles. The molecule has 0 aromatic heterocycles. The lowest BCUT2D eigenvalue weighted by molar-refractivity contribution is -0.117. The Labute approximate surface area is 170 Å². The third kappa shape index (κ3) is 4.04. The summed E-state index contributed by atoms with van der Waals surface area (Å²) in [5, 5.41) is -0.260. The van der Waals surface area contributed by atoms with Crippen molar-refractivity contribution in [3.05, 3.63) is 48.0 Å². The zero-order valence-corrected chi connectivity index (χ0v) is 18.0. The number of rotatable bonds is 6. The van der Waals surface area contributed by atoms with Gasteiger partial charge in [-0.15, -0.1) is 11.8 Å². The summed E-state index contributed by atoms with van der Waals surface area (Å²) in [6, 6.07) is 12.6. The van der Waals surface area contributed by atoms with Crippen molar-refractivity contribution in [3.63, 3.8) is 0 Å². The molecule has 8 heteroatoms. The van der Waals surface area contributed by atoms with Crippen LogP contribution in [0.2, 0.25) is 0 Å². The van der Waals surface area contributed by atoms with Gasteiger partial charge in [0.2, 0.25) is 15.9 Å². The Balaban J connectivity index is 1.76. The fourth-order valence-corrected chi connectivity index (χ4v) is 4.99. The normalized spacial score (nSPS) is 14.8. The number of carbonyl (C=O) groups is 1. The van der Waals surface area contributed by atoms with Gasteiger partial charge in [0, 0.05) is 31.2 Å². The summed E-state index contributed by atoms with van der Waals surface area (Å²) < 4.78 is 31.0. The predicted octanol–water partition coefficient (Wildman–Crippen LogP) is 3.02. The molecule has 1 aliphatic heterocycles. The van der Waals surface area contributed by atoms with Gasteiger partial charge in [-0.3, -0.25) is 4.79 Å². The number of ether oxygens (including phenoxy) is 1. The van der Waals surface area contributed by atoms with Crippen LogP contribution in [0.25, 0.3) is 0 Å². The van der Waals surface area contributed by atoms with Crippen molar-refractivity contribution in [1.82, 2.24) is 4.31 Å². The number of hydrogen-bond donors (Lipinski definition) is 0. The van der Waals surface area contributed by atoms with E-state index in [1.165, 1.54) is 30.2 Å². The Morgan fingerprint density at radius 1 is 1.18 bits per heavy atom. The van der Waals surface area contributed by atoms with Gasteiger partial charge in [0.1, 0.15) is 5.75 Å². The van der Waals surface area contributed by atoms with Crippen LogP contribution in [0.3, 0.4) is 0 Å². The van der Waals surface area contributed by atoms with Crippen molar-refractivity contribution in [2.24, 2.45) is 0 Å². The number of thioether (sulfide) groups is 1. The number of carbonyl (C=O) groups excluding carboxylic acids is 1. The van der Waals surface area contributed by atoms with E-state index in [9.17, 15) is 13.2 Å². The largest absolute Gasteiger partial charge is 0.497 e. The maximum Gasteiger partial charge on any atom is 0.242 e. The summed E-state index contributed by atoms with van der Waals surface area (Å²) in [6.07, 6.45) is 0.651. The molecule has 1 heterocycles. The SMILES string of the molecule is COc1ccc(S[C@@H](C)C(=O)N2CCc3cc(S(=O)(=O)N(C)C)ccc32)cc1. The molecule has 0 unspecified atom stereocenters. The van der Waals surface area contributed by atoms with Gasteiger partial charge in [0.15, 0.2) is 0 Å². The van der Waals surface area contributed by atoms with Crippen LogP contribution in [0.15, 0.2) is 52.3 Å². The molecule has 1 atom stereocenters. The number of methoxy groups -OCH3 is 1. The molecule has 150 valence electrons. The third-order valence-electron chi connectivity index (χ3n) is 4.71. The molecule has 0 fully saturated rings. The fraction of sp³-hybridized carbons (Fsp3) is 0.350. The summed E-state index contributed by atoms with van der Waals surface area (Å²) in [7, 11) is 1.16. The first kappa shape index (κ1) is 20.7. The van der Waals surface area contributed by atoms with Gasteiger partial charge in [-0.1, -0.05) is 0 Å². The lowest BCUT2D eigenvalue weighted by atomic mass is 10.2. The van der Waals surface area contributed by atoms with Crippen LogP contribution < -0.4 is 9.64 Å². The molecule has 0 N–H and O–H groups in total. The number of fused-ring (bicyclic) bond motifs is 1. The number of hydrogen-bond acceptors (Lipinski definition) is 5. The van der Waals surface area contributed by atoms with Gasteiger partial charge < -0.3 is 9.64 Å².